The Morgan fingerprint density at radius 1 is 1.54 bits per heavy atom. The van der Waals surface area contributed by atoms with Crippen LogP contribution in [0.25, 0.3) is 0 Å². The molecule has 1 aromatic rings. The highest BCUT2D eigenvalue weighted by Gasteiger charge is 2.19. The van der Waals surface area contributed by atoms with Gasteiger partial charge in [-0.3, -0.25) is 0 Å². The molecule has 1 nitrogen and oxygen atoms in total. The van der Waals surface area contributed by atoms with E-state index in [0.717, 1.165) is 16.9 Å². The summed E-state index contributed by atoms with van der Waals surface area (Å²) in [6.07, 6.45) is -0.508. The van der Waals surface area contributed by atoms with Crippen molar-refractivity contribution in [2.24, 2.45) is 0 Å². The Kier molecular flexibility index (Phi) is 2.49. The van der Waals surface area contributed by atoms with Gasteiger partial charge in [-0.25, -0.2) is 4.39 Å². The van der Waals surface area contributed by atoms with Crippen LogP contribution in [0.3, 0.4) is 0 Å². The van der Waals surface area contributed by atoms with Gasteiger partial charge in [0.15, 0.2) is 0 Å². The van der Waals surface area contributed by atoms with Crippen LogP contribution in [0.2, 0.25) is 5.02 Å². The number of thioether (sulfide) groups is 1. The summed E-state index contributed by atoms with van der Waals surface area (Å²) in [5, 5.41) is 9.66. The Bertz CT molecular complexity index is 343. The fourth-order valence-electron chi connectivity index (χ4n) is 1.41. The lowest BCUT2D eigenvalue weighted by molar-refractivity contribution is 0.201. The Morgan fingerprint density at radius 3 is 3.08 bits per heavy atom. The lowest BCUT2D eigenvalue weighted by Gasteiger charge is -2.21. The van der Waals surface area contributed by atoms with E-state index in [1.165, 1.54) is 12.1 Å². The lowest BCUT2D eigenvalue weighted by atomic mass is 10.0. The largest absolute Gasteiger partial charge is 0.388 e. The van der Waals surface area contributed by atoms with E-state index in [2.05, 4.69) is 0 Å². The summed E-state index contributed by atoms with van der Waals surface area (Å²) in [7, 11) is 0. The molecule has 13 heavy (non-hydrogen) atoms. The number of benzene rings is 1. The maximum absolute atomic E-state index is 13.0. The molecule has 0 saturated heterocycles. The number of aliphatic hydroxyl groups excluding tert-OH is 1. The van der Waals surface area contributed by atoms with Crippen molar-refractivity contribution in [1.29, 1.82) is 0 Å². The van der Waals surface area contributed by atoms with E-state index >= 15 is 0 Å². The predicted molar refractivity (Wildman–Crippen MR) is 52.5 cm³/mol. The first kappa shape index (κ1) is 9.31. The third-order valence-electron chi connectivity index (χ3n) is 2.07. The maximum atomic E-state index is 13.0. The van der Waals surface area contributed by atoms with Crippen molar-refractivity contribution in [2.75, 3.05) is 5.75 Å². The molecule has 0 spiro atoms. The summed E-state index contributed by atoms with van der Waals surface area (Å²) in [4.78, 5) is 0. The van der Waals surface area contributed by atoms with E-state index in [1.54, 1.807) is 11.8 Å². The van der Waals surface area contributed by atoms with Crippen molar-refractivity contribution < 1.29 is 9.50 Å². The zero-order valence-electron chi connectivity index (χ0n) is 6.76. The van der Waals surface area contributed by atoms with Gasteiger partial charge in [0, 0.05) is 11.5 Å². The first-order chi connectivity index (χ1) is 6.18. The van der Waals surface area contributed by atoms with Crippen LogP contribution in [0.4, 0.5) is 4.39 Å². The van der Waals surface area contributed by atoms with Gasteiger partial charge in [-0.1, -0.05) is 11.6 Å². The molecule has 0 bridgehead atoms. The third kappa shape index (κ3) is 1.68. The number of aliphatic hydroxyl groups is 1. The SMILES string of the molecule is O[C@H]1CSCc2cc(F)c(Cl)cc21. The second kappa shape index (κ2) is 3.48. The first-order valence-electron chi connectivity index (χ1n) is 3.92. The van der Waals surface area contributed by atoms with E-state index in [9.17, 15) is 9.50 Å². The minimum atomic E-state index is -0.508. The number of rotatable bonds is 0. The maximum Gasteiger partial charge on any atom is 0.142 e. The summed E-state index contributed by atoms with van der Waals surface area (Å²) in [5.74, 6) is 1.00. The summed E-state index contributed by atoms with van der Waals surface area (Å²) in [6, 6.07) is 2.93. The number of halogens is 2. The average molecular weight is 219 g/mol. The van der Waals surface area contributed by atoms with Crippen LogP contribution in [0.1, 0.15) is 17.2 Å². The number of hydrogen-bond acceptors (Lipinski definition) is 2. The quantitative estimate of drug-likeness (QED) is 0.723. The molecule has 1 aromatic carbocycles. The van der Waals surface area contributed by atoms with Crippen LogP contribution in [0, 0.1) is 5.82 Å². The van der Waals surface area contributed by atoms with Gasteiger partial charge in [-0.15, -0.1) is 0 Å². The van der Waals surface area contributed by atoms with Crippen molar-refractivity contribution in [1.82, 2.24) is 0 Å². The first-order valence-corrected chi connectivity index (χ1v) is 5.45. The minimum absolute atomic E-state index is 0.0877. The summed E-state index contributed by atoms with van der Waals surface area (Å²) in [6.45, 7) is 0. The van der Waals surface area contributed by atoms with Gasteiger partial charge in [-0.05, 0) is 23.3 Å². The second-order valence-electron chi connectivity index (χ2n) is 3.00. The Labute approximate surface area is 84.9 Å². The highest BCUT2D eigenvalue weighted by molar-refractivity contribution is 7.98. The molecule has 1 N–H and O–H groups in total. The standard InChI is InChI=1S/C9H8ClFOS/c10-7-2-6-5(1-8(7)11)3-13-4-9(6)12/h1-2,9,12H,3-4H2/t9-/m0/s1. The predicted octanol–water partition coefficient (Wildman–Crippen LogP) is 2.76. The van der Waals surface area contributed by atoms with Crippen molar-refractivity contribution in [2.45, 2.75) is 11.9 Å². The Morgan fingerprint density at radius 2 is 2.31 bits per heavy atom. The van der Waals surface area contributed by atoms with E-state index in [4.69, 9.17) is 11.6 Å². The zero-order chi connectivity index (χ0) is 9.42. The lowest BCUT2D eigenvalue weighted by Crippen LogP contribution is -2.10. The fraction of sp³-hybridized carbons (Fsp3) is 0.333. The molecule has 1 aliphatic heterocycles. The molecule has 0 aromatic heterocycles. The molecule has 4 heteroatoms. The van der Waals surface area contributed by atoms with Crippen molar-refractivity contribution in [3.05, 3.63) is 34.1 Å². The molecule has 0 aliphatic carbocycles. The molecule has 70 valence electrons. The highest BCUT2D eigenvalue weighted by Crippen LogP contribution is 2.34. The summed E-state index contributed by atoms with van der Waals surface area (Å²) in [5.41, 5.74) is 1.62. The molecule has 0 amide bonds. The normalized spacial score (nSPS) is 21.3. The highest BCUT2D eigenvalue weighted by atomic mass is 35.5. The van der Waals surface area contributed by atoms with E-state index in [-0.39, 0.29) is 5.02 Å². The second-order valence-corrected chi connectivity index (χ2v) is 4.43. The molecule has 1 heterocycles. The molecular weight excluding hydrogens is 211 g/mol. The average Bonchev–Trinajstić information content (AvgIpc) is 2.09. The summed E-state index contributed by atoms with van der Waals surface area (Å²) >= 11 is 7.22. The molecule has 1 aliphatic rings. The van der Waals surface area contributed by atoms with E-state index in [0.29, 0.717) is 5.75 Å². The van der Waals surface area contributed by atoms with Gasteiger partial charge in [0.05, 0.1) is 11.1 Å². The van der Waals surface area contributed by atoms with E-state index in [1.807, 2.05) is 0 Å². The molecule has 0 fully saturated rings. The van der Waals surface area contributed by atoms with Crippen molar-refractivity contribution in [3.8, 4) is 0 Å². The van der Waals surface area contributed by atoms with E-state index < -0.39 is 11.9 Å². The molecule has 0 unspecified atom stereocenters. The molecule has 0 radical (unpaired) electrons. The third-order valence-corrected chi connectivity index (χ3v) is 3.43. The van der Waals surface area contributed by atoms with Crippen LogP contribution in [0.15, 0.2) is 12.1 Å². The van der Waals surface area contributed by atoms with Crippen LogP contribution in [-0.4, -0.2) is 10.9 Å². The van der Waals surface area contributed by atoms with Crippen molar-refractivity contribution >= 4 is 23.4 Å². The molecular formula is C9H8ClFOS. The summed E-state index contributed by atoms with van der Waals surface area (Å²) < 4.78 is 13.0. The molecule has 1 atom stereocenters. The van der Waals surface area contributed by atoms with Crippen LogP contribution < -0.4 is 0 Å². The molecule has 2 rings (SSSR count). The topological polar surface area (TPSA) is 20.2 Å². The van der Waals surface area contributed by atoms with Crippen molar-refractivity contribution in [3.63, 3.8) is 0 Å². The number of fused-ring (bicyclic) bond motifs is 1. The van der Waals surface area contributed by atoms with Crippen LogP contribution in [-0.2, 0) is 5.75 Å². The van der Waals surface area contributed by atoms with Gasteiger partial charge < -0.3 is 5.11 Å². The van der Waals surface area contributed by atoms with Crippen LogP contribution in [0.5, 0.6) is 0 Å². The number of hydrogen-bond donors (Lipinski definition) is 1. The Balaban J connectivity index is 2.52. The Hall–Kier alpha value is -0.250. The minimum Gasteiger partial charge on any atom is -0.388 e. The fourth-order valence-corrected chi connectivity index (χ4v) is 2.57. The monoisotopic (exact) mass is 218 g/mol. The van der Waals surface area contributed by atoms with Crippen LogP contribution >= 0.6 is 23.4 Å². The smallest absolute Gasteiger partial charge is 0.142 e. The zero-order valence-corrected chi connectivity index (χ0v) is 8.33. The van der Waals surface area contributed by atoms with Gasteiger partial charge in [-0.2, -0.15) is 11.8 Å². The van der Waals surface area contributed by atoms with Gasteiger partial charge in [0.2, 0.25) is 0 Å². The molecule has 0 saturated carbocycles. The van der Waals surface area contributed by atoms with Gasteiger partial charge in [0.1, 0.15) is 5.82 Å². The van der Waals surface area contributed by atoms with Gasteiger partial charge >= 0.3 is 0 Å². The van der Waals surface area contributed by atoms with Gasteiger partial charge in [0.25, 0.3) is 0 Å².